The second-order valence-corrected chi connectivity index (χ2v) is 3.43. The van der Waals surface area contributed by atoms with Crippen LogP contribution < -0.4 is 4.72 Å². The first kappa shape index (κ1) is 4.64. The first-order valence-corrected chi connectivity index (χ1v) is 4.39. The van der Waals surface area contributed by atoms with Gasteiger partial charge in [-0.2, -0.15) is 0 Å². The smallest absolute Gasteiger partial charge is 0.109 e. The monoisotopic (exact) mass is 144 g/mol. The molecule has 1 aromatic heterocycles. The third-order valence-corrected chi connectivity index (χ3v) is 2.88. The van der Waals surface area contributed by atoms with Gasteiger partial charge in [-0.25, -0.2) is 0 Å². The molecule has 0 saturated carbocycles. The van der Waals surface area contributed by atoms with Crippen LogP contribution >= 0.6 is 21.8 Å². The quantitative estimate of drug-likeness (QED) is 0.431. The summed E-state index contributed by atoms with van der Waals surface area (Å²) in [6.45, 7) is 0. The van der Waals surface area contributed by atoms with E-state index in [9.17, 15) is 0 Å². The van der Waals surface area contributed by atoms with Gasteiger partial charge in [0.25, 0.3) is 0 Å². The van der Waals surface area contributed by atoms with Gasteiger partial charge in [0.05, 0.1) is 5.69 Å². The molecule has 0 fully saturated rings. The Bertz CT molecular complexity index is 177. The number of anilines is 1. The topological polar surface area (TPSA) is 27.8 Å². The molecule has 2 heterocycles. The van der Waals surface area contributed by atoms with E-state index in [0.29, 0.717) is 0 Å². The number of nitrogens with one attached hydrogen (secondary N) is 2. The Morgan fingerprint density at radius 3 is 3.38 bits per heavy atom. The van der Waals surface area contributed by atoms with Crippen LogP contribution in [0.4, 0.5) is 5.69 Å². The van der Waals surface area contributed by atoms with Gasteiger partial charge < -0.3 is 9.71 Å². The fraction of sp³-hybridized carbons (Fsp3) is 0. The molecule has 0 amide bonds. The number of rotatable bonds is 0. The minimum absolute atomic E-state index is 1.21. The molecule has 0 unspecified atom stereocenters. The number of hydrogen-bond donors (Lipinski definition) is 2. The van der Waals surface area contributed by atoms with E-state index in [1.807, 2.05) is 12.3 Å². The normalized spacial score (nSPS) is 15.5. The van der Waals surface area contributed by atoms with Gasteiger partial charge in [-0.15, -0.1) is 0 Å². The first-order valence-electron chi connectivity index (χ1n) is 2.24. The Morgan fingerprint density at radius 1 is 1.50 bits per heavy atom. The number of hydrogen-bond acceptors (Lipinski definition) is 3. The lowest BCUT2D eigenvalue weighted by Crippen LogP contribution is -1.70. The van der Waals surface area contributed by atoms with Crippen molar-refractivity contribution in [2.45, 2.75) is 5.03 Å². The largest absolute Gasteiger partial charge is 0.354 e. The Morgan fingerprint density at radius 2 is 2.50 bits per heavy atom. The predicted molar refractivity (Wildman–Crippen MR) is 37.9 cm³/mol. The van der Waals surface area contributed by atoms with Gasteiger partial charge in [-0.05, 0) is 16.9 Å². The third-order valence-electron chi connectivity index (χ3n) is 0.986. The molecule has 8 heavy (non-hydrogen) atoms. The zero-order valence-corrected chi connectivity index (χ0v) is 5.60. The second-order valence-electron chi connectivity index (χ2n) is 1.49. The summed E-state index contributed by atoms with van der Waals surface area (Å²) in [6.07, 6.45) is 1.93. The predicted octanol–water partition coefficient (Wildman–Crippen LogP) is 2.10. The van der Waals surface area contributed by atoms with E-state index >= 15 is 0 Å². The summed E-state index contributed by atoms with van der Waals surface area (Å²) in [5.74, 6) is 0. The van der Waals surface area contributed by atoms with Crippen LogP contribution in [-0.2, 0) is 0 Å². The molecule has 0 atom stereocenters. The summed E-state index contributed by atoms with van der Waals surface area (Å²) < 4.78 is 3.13. The molecular formula is C4H4N2S2. The van der Waals surface area contributed by atoms with Gasteiger partial charge in [-0.1, -0.05) is 0 Å². The summed E-state index contributed by atoms with van der Waals surface area (Å²) in [4.78, 5) is 3.10. The molecule has 1 aromatic rings. The van der Waals surface area contributed by atoms with Gasteiger partial charge in [0.1, 0.15) is 5.03 Å². The molecule has 2 nitrogen and oxygen atoms in total. The molecule has 1 aliphatic rings. The van der Waals surface area contributed by atoms with E-state index in [0.717, 1.165) is 0 Å². The maximum atomic E-state index is 3.13. The highest BCUT2D eigenvalue weighted by Crippen LogP contribution is 2.42. The fourth-order valence-corrected chi connectivity index (χ4v) is 2.44. The van der Waals surface area contributed by atoms with E-state index in [4.69, 9.17) is 0 Å². The lowest BCUT2D eigenvalue weighted by Gasteiger charge is -1.82. The van der Waals surface area contributed by atoms with Crippen molar-refractivity contribution in [2.75, 3.05) is 4.72 Å². The average Bonchev–Trinajstić information content (AvgIpc) is 2.15. The van der Waals surface area contributed by atoms with E-state index in [2.05, 4.69) is 9.71 Å². The number of fused-ring (bicyclic) bond motifs is 1. The third kappa shape index (κ3) is 0.530. The highest BCUT2D eigenvalue weighted by Gasteiger charge is 2.10. The first-order chi connectivity index (χ1) is 3.97. The maximum absolute atomic E-state index is 3.13. The Balaban J connectivity index is 2.54. The molecule has 0 radical (unpaired) electrons. The molecular weight excluding hydrogens is 140 g/mol. The van der Waals surface area contributed by atoms with Crippen LogP contribution in [0.1, 0.15) is 0 Å². The van der Waals surface area contributed by atoms with Crippen LogP contribution in [0.5, 0.6) is 0 Å². The summed E-state index contributed by atoms with van der Waals surface area (Å²) in [5, 5.41) is 1.23. The minimum Gasteiger partial charge on any atom is -0.354 e. The Labute approximate surface area is 55.0 Å². The lowest BCUT2D eigenvalue weighted by atomic mass is 10.6. The molecule has 0 aromatic carbocycles. The molecule has 2 N–H and O–H groups in total. The van der Waals surface area contributed by atoms with Crippen molar-refractivity contribution >= 4 is 27.5 Å². The number of aromatic amines is 1. The molecule has 4 heteroatoms. The van der Waals surface area contributed by atoms with Crippen LogP contribution in [0.2, 0.25) is 0 Å². The highest BCUT2D eigenvalue weighted by molar-refractivity contribution is 8.77. The summed E-state index contributed by atoms with van der Waals surface area (Å²) in [5.41, 5.74) is 1.21. The standard InChI is InChI=1S/C4H4N2S2/c1-2-5-4-3(1)6-8-7-4/h1-2,5-6H. The van der Waals surface area contributed by atoms with Crippen LogP contribution in [0.15, 0.2) is 17.3 Å². The molecule has 0 bridgehead atoms. The number of aromatic nitrogens is 1. The average molecular weight is 144 g/mol. The molecule has 2 rings (SSSR count). The van der Waals surface area contributed by atoms with Crippen LogP contribution in [0.25, 0.3) is 0 Å². The van der Waals surface area contributed by atoms with Crippen LogP contribution in [0.3, 0.4) is 0 Å². The van der Waals surface area contributed by atoms with Crippen molar-refractivity contribution in [1.82, 2.24) is 4.98 Å². The SMILES string of the molecule is c1cc2c([nH]1)SSN2. The zero-order valence-electron chi connectivity index (χ0n) is 3.97. The van der Waals surface area contributed by atoms with E-state index in [1.165, 1.54) is 10.7 Å². The van der Waals surface area contributed by atoms with E-state index in [1.54, 1.807) is 21.8 Å². The van der Waals surface area contributed by atoms with Gasteiger partial charge >= 0.3 is 0 Å². The maximum Gasteiger partial charge on any atom is 0.109 e. The summed E-state index contributed by atoms with van der Waals surface area (Å²) in [7, 11) is 3.37. The minimum atomic E-state index is 1.21. The molecule has 0 saturated heterocycles. The van der Waals surface area contributed by atoms with Crippen molar-refractivity contribution in [3.05, 3.63) is 12.3 Å². The van der Waals surface area contributed by atoms with Crippen LogP contribution in [0, 0.1) is 0 Å². The van der Waals surface area contributed by atoms with Gasteiger partial charge in [0.15, 0.2) is 0 Å². The molecule has 0 spiro atoms. The van der Waals surface area contributed by atoms with Gasteiger partial charge in [0, 0.05) is 17.2 Å². The van der Waals surface area contributed by atoms with Crippen molar-refractivity contribution in [1.29, 1.82) is 0 Å². The van der Waals surface area contributed by atoms with Gasteiger partial charge in [-0.3, -0.25) is 0 Å². The lowest BCUT2D eigenvalue weighted by molar-refractivity contribution is 1.22. The summed E-state index contributed by atoms with van der Waals surface area (Å²) >= 11 is 0. The molecule has 0 aliphatic carbocycles. The molecule has 42 valence electrons. The van der Waals surface area contributed by atoms with Crippen molar-refractivity contribution in [3.63, 3.8) is 0 Å². The van der Waals surface area contributed by atoms with E-state index < -0.39 is 0 Å². The van der Waals surface area contributed by atoms with Crippen molar-refractivity contribution < 1.29 is 0 Å². The van der Waals surface area contributed by atoms with Crippen molar-refractivity contribution in [3.8, 4) is 0 Å². The van der Waals surface area contributed by atoms with Gasteiger partial charge in [0.2, 0.25) is 0 Å². The Kier molecular flexibility index (Phi) is 0.947. The second kappa shape index (κ2) is 1.63. The van der Waals surface area contributed by atoms with E-state index in [-0.39, 0.29) is 0 Å². The summed E-state index contributed by atoms with van der Waals surface area (Å²) in [6, 6.07) is 2.03. The zero-order chi connectivity index (χ0) is 5.40. The highest BCUT2D eigenvalue weighted by atomic mass is 33.1. The molecule has 1 aliphatic heterocycles. The number of H-pyrrole nitrogens is 1. The van der Waals surface area contributed by atoms with Crippen molar-refractivity contribution in [2.24, 2.45) is 0 Å². The fourth-order valence-electron chi connectivity index (χ4n) is 0.611. The Hall–Kier alpha value is -0.220. The van der Waals surface area contributed by atoms with Crippen LogP contribution in [-0.4, -0.2) is 4.98 Å².